The van der Waals surface area contributed by atoms with Crippen LogP contribution in [0, 0.1) is 5.41 Å². The molecule has 7 nitrogen and oxygen atoms in total. The number of carbonyl (C=O) groups excluding carboxylic acids is 2. The normalized spacial score (nSPS) is 26.1. The van der Waals surface area contributed by atoms with Crippen LogP contribution in [-0.4, -0.2) is 76.1 Å². The molecule has 0 aliphatic carbocycles. The number of carbonyl (C=O) groups is 2. The van der Waals surface area contributed by atoms with E-state index in [-0.39, 0.29) is 17.2 Å². The summed E-state index contributed by atoms with van der Waals surface area (Å²) in [5.74, 6) is 0.270. The predicted octanol–water partition coefficient (Wildman–Crippen LogP) is -0.0673. The van der Waals surface area contributed by atoms with Gasteiger partial charge >= 0.3 is 0 Å². The lowest BCUT2D eigenvalue weighted by Crippen LogP contribution is -2.43. The molecule has 3 heterocycles. The summed E-state index contributed by atoms with van der Waals surface area (Å²) in [6.07, 6.45) is 4.43. The van der Waals surface area contributed by atoms with E-state index < -0.39 is 0 Å². The van der Waals surface area contributed by atoms with E-state index in [1.54, 1.807) is 16.5 Å². The topological polar surface area (TPSA) is 61.7 Å². The number of aromatic nitrogens is 2. The summed E-state index contributed by atoms with van der Waals surface area (Å²) < 4.78 is 1.80. The highest BCUT2D eigenvalue weighted by Crippen LogP contribution is 2.34. The Balaban J connectivity index is 1.80. The average molecular weight is 319 g/mol. The Morgan fingerprint density at radius 1 is 1.26 bits per heavy atom. The minimum absolute atomic E-state index is 0.0922. The van der Waals surface area contributed by atoms with Crippen LogP contribution in [0.25, 0.3) is 0 Å². The van der Waals surface area contributed by atoms with E-state index in [9.17, 15) is 9.59 Å². The van der Waals surface area contributed by atoms with Crippen LogP contribution in [0.4, 0.5) is 0 Å². The van der Waals surface area contributed by atoms with Gasteiger partial charge in [-0.05, 0) is 0 Å². The lowest BCUT2D eigenvalue weighted by atomic mass is 9.86. The Labute approximate surface area is 136 Å². The molecule has 2 fully saturated rings. The fraction of sp³-hybridized carbons (Fsp3) is 0.688. The average Bonchev–Trinajstić information content (AvgIpc) is 2.91. The molecule has 2 amide bonds. The summed E-state index contributed by atoms with van der Waals surface area (Å²) >= 11 is 0. The quantitative estimate of drug-likeness (QED) is 0.766. The molecule has 0 bridgehead atoms. The first-order valence-electron chi connectivity index (χ1n) is 8.06. The van der Waals surface area contributed by atoms with Crippen molar-refractivity contribution in [3.8, 4) is 0 Å². The number of rotatable bonds is 2. The summed E-state index contributed by atoms with van der Waals surface area (Å²) in [7, 11) is 3.76. The molecule has 0 N–H and O–H groups in total. The molecule has 1 atom stereocenters. The molecule has 0 radical (unpaired) electrons. The second kappa shape index (κ2) is 5.96. The number of amides is 2. The smallest absolute Gasteiger partial charge is 0.223 e. The molecule has 2 saturated heterocycles. The van der Waals surface area contributed by atoms with E-state index in [0.29, 0.717) is 13.0 Å². The van der Waals surface area contributed by atoms with E-state index in [1.807, 2.05) is 31.4 Å². The first-order valence-corrected chi connectivity index (χ1v) is 8.06. The Hall–Kier alpha value is -1.89. The van der Waals surface area contributed by atoms with Crippen molar-refractivity contribution < 1.29 is 9.59 Å². The summed E-state index contributed by atoms with van der Waals surface area (Å²) in [6, 6.07) is 0. The van der Waals surface area contributed by atoms with Crippen molar-refractivity contribution in [2.45, 2.75) is 19.9 Å². The van der Waals surface area contributed by atoms with Gasteiger partial charge in [0.2, 0.25) is 11.8 Å². The van der Waals surface area contributed by atoms with Gasteiger partial charge in [-0.1, -0.05) is 0 Å². The number of likely N-dealkylation sites (tertiary alicyclic amines) is 1. The molecule has 2 aliphatic heterocycles. The van der Waals surface area contributed by atoms with E-state index in [2.05, 4.69) is 10.00 Å². The molecule has 23 heavy (non-hydrogen) atoms. The minimum Gasteiger partial charge on any atom is -0.345 e. The van der Waals surface area contributed by atoms with Crippen LogP contribution in [0.3, 0.4) is 0 Å². The van der Waals surface area contributed by atoms with Crippen LogP contribution < -0.4 is 0 Å². The standard InChI is InChI=1S/C16H25N5O2/c1-13(22)21-5-4-20(9-14-7-17-19(3)8-14)11-16(12-21)6-15(23)18(2)10-16/h7-8H,4-6,9-12H2,1-3H3/t16-/m1/s1. The zero-order valence-electron chi connectivity index (χ0n) is 14.2. The molecule has 3 rings (SSSR count). The molecule has 0 unspecified atom stereocenters. The molecule has 2 aliphatic rings. The van der Waals surface area contributed by atoms with Crippen LogP contribution in [-0.2, 0) is 23.2 Å². The second-order valence-corrected chi connectivity index (χ2v) is 7.10. The zero-order valence-corrected chi connectivity index (χ0v) is 14.2. The Morgan fingerprint density at radius 3 is 2.61 bits per heavy atom. The van der Waals surface area contributed by atoms with E-state index in [4.69, 9.17) is 0 Å². The number of hydrogen-bond acceptors (Lipinski definition) is 4. The summed E-state index contributed by atoms with van der Waals surface area (Å²) in [4.78, 5) is 30.1. The maximum absolute atomic E-state index is 12.1. The molecule has 1 spiro atoms. The molecule has 0 saturated carbocycles. The monoisotopic (exact) mass is 319 g/mol. The first kappa shape index (κ1) is 16.0. The van der Waals surface area contributed by atoms with Crippen LogP contribution in [0.1, 0.15) is 18.9 Å². The van der Waals surface area contributed by atoms with Gasteiger partial charge in [0.05, 0.1) is 6.20 Å². The number of aryl methyl sites for hydroxylation is 1. The molecular weight excluding hydrogens is 294 g/mol. The molecule has 126 valence electrons. The third-order valence-corrected chi connectivity index (χ3v) is 4.91. The van der Waals surface area contributed by atoms with Crippen molar-refractivity contribution in [2.24, 2.45) is 12.5 Å². The van der Waals surface area contributed by atoms with Crippen LogP contribution in [0.5, 0.6) is 0 Å². The van der Waals surface area contributed by atoms with Gasteiger partial charge in [0.15, 0.2) is 0 Å². The fourth-order valence-electron chi connectivity index (χ4n) is 3.88. The Morgan fingerprint density at radius 2 is 2.04 bits per heavy atom. The second-order valence-electron chi connectivity index (χ2n) is 7.10. The van der Waals surface area contributed by atoms with Gasteiger partial charge in [-0.25, -0.2) is 0 Å². The molecular formula is C16H25N5O2. The van der Waals surface area contributed by atoms with Crippen molar-refractivity contribution in [2.75, 3.05) is 39.8 Å². The molecule has 1 aromatic heterocycles. The largest absolute Gasteiger partial charge is 0.345 e. The summed E-state index contributed by atoms with van der Waals surface area (Å²) in [5, 5.41) is 4.22. The molecule has 1 aromatic rings. The number of hydrogen-bond donors (Lipinski definition) is 0. The van der Waals surface area contributed by atoms with Crippen LogP contribution >= 0.6 is 0 Å². The van der Waals surface area contributed by atoms with Crippen LogP contribution in [0.2, 0.25) is 0 Å². The Kier molecular flexibility index (Phi) is 4.14. The predicted molar refractivity (Wildman–Crippen MR) is 85.4 cm³/mol. The Bertz CT molecular complexity index is 613. The van der Waals surface area contributed by atoms with Gasteiger partial charge in [-0.3, -0.25) is 19.2 Å². The fourth-order valence-corrected chi connectivity index (χ4v) is 3.88. The van der Waals surface area contributed by atoms with Gasteiger partial charge in [0.25, 0.3) is 0 Å². The summed E-state index contributed by atoms with van der Waals surface area (Å²) in [6.45, 7) is 6.19. The van der Waals surface area contributed by atoms with Gasteiger partial charge < -0.3 is 9.80 Å². The van der Waals surface area contributed by atoms with Gasteiger partial charge in [0, 0.05) is 83.9 Å². The third kappa shape index (κ3) is 3.39. The molecule has 7 heteroatoms. The zero-order chi connectivity index (χ0) is 16.6. The maximum Gasteiger partial charge on any atom is 0.223 e. The highest BCUT2D eigenvalue weighted by atomic mass is 16.2. The van der Waals surface area contributed by atoms with Crippen LogP contribution in [0.15, 0.2) is 12.4 Å². The van der Waals surface area contributed by atoms with Crippen molar-refractivity contribution in [1.29, 1.82) is 0 Å². The summed E-state index contributed by atoms with van der Waals surface area (Å²) in [5.41, 5.74) is 1.01. The molecule has 0 aromatic carbocycles. The van der Waals surface area contributed by atoms with Crippen molar-refractivity contribution >= 4 is 11.8 Å². The van der Waals surface area contributed by atoms with E-state index >= 15 is 0 Å². The van der Waals surface area contributed by atoms with Gasteiger partial charge in [-0.2, -0.15) is 5.10 Å². The van der Waals surface area contributed by atoms with Crippen molar-refractivity contribution in [3.05, 3.63) is 18.0 Å². The SMILES string of the molecule is CC(=O)N1CCN(Cc2cnn(C)c2)C[C@]2(CC(=O)N(C)C2)C1. The van der Waals surface area contributed by atoms with E-state index in [0.717, 1.165) is 38.3 Å². The minimum atomic E-state index is -0.157. The number of nitrogens with zero attached hydrogens (tertiary/aromatic N) is 5. The lowest BCUT2D eigenvalue weighted by Gasteiger charge is -2.33. The first-order chi connectivity index (χ1) is 10.9. The highest BCUT2D eigenvalue weighted by Gasteiger charge is 2.45. The third-order valence-electron chi connectivity index (χ3n) is 4.91. The highest BCUT2D eigenvalue weighted by molar-refractivity contribution is 5.79. The van der Waals surface area contributed by atoms with Gasteiger partial charge in [-0.15, -0.1) is 0 Å². The van der Waals surface area contributed by atoms with E-state index in [1.165, 1.54) is 0 Å². The van der Waals surface area contributed by atoms with Crippen molar-refractivity contribution in [3.63, 3.8) is 0 Å². The van der Waals surface area contributed by atoms with Gasteiger partial charge in [0.1, 0.15) is 0 Å². The van der Waals surface area contributed by atoms with Crippen molar-refractivity contribution in [1.82, 2.24) is 24.5 Å². The lowest BCUT2D eigenvalue weighted by molar-refractivity contribution is -0.130. The maximum atomic E-state index is 12.1.